The van der Waals surface area contributed by atoms with Crippen molar-refractivity contribution in [1.82, 2.24) is 5.32 Å². The smallest absolute Gasteiger partial charge is 0.234 e. The van der Waals surface area contributed by atoms with E-state index in [9.17, 15) is 9.59 Å². The molecule has 0 radical (unpaired) electrons. The molecular formula is C13H16N2O2. The summed E-state index contributed by atoms with van der Waals surface area (Å²) in [4.78, 5) is 22.8. The predicted molar refractivity (Wildman–Crippen MR) is 65.7 cm³/mol. The standard InChI is InChI=1S/C13H16N2O2/c1-2-14-10-5-3-4-9(8-10)11-6-7-12(16)15-13(11)17/h3-5,8,11,14H,2,6-7H2,1H3,(H,15,16,17). The molecule has 1 heterocycles. The van der Waals surface area contributed by atoms with Crippen molar-refractivity contribution in [3.05, 3.63) is 29.8 Å². The van der Waals surface area contributed by atoms with Crippen LogP contribution in [0.25, 0.3) is 0 Å². The van der Waals surface area contributed by atoms with Crippen molar-refractivity contribution in [2.24, 2.45) is 0 Å². The molecule has 17 heavy (non-hydrogen) atoms. The van der Waals surface area contributed by atoms with Crippen LogP contribution in [0.3, 0.4) is 0 Å². The Kier molecular flexibility index (Phi) is 3.42. The largest absolute Gasteiger partial charge is 0.385 e. The van der Waals surface area contributed by atoms with Gasteiger partial charge >= 0.3 is 0 Å². The molecule has 1 unspecified atom stereocenters. The van der Waals surface area contributed by atoms with Crippen LogP contribution >= 0.6 is 0 Å². The zero-order chi connectivity index (χ0) is 12.3. The monoisotopic (exact) mass is 232 g/mol. The van der Waals surface area contributed by atoms with E-state index in [2.05, 4.69) is 10.6 Å². The SMILES string of the molecule is CCNc1cccc(C2CCC(=O)NC2=O)c1. The summed E-state index contributed by atoms with van der Waals surface area (Å²) in [7, 11) is 0. The van der Waals surface area contributed by atoms with E-state index < -0.39 is 0 Å². The van der Waals surface area contributed by atoms with E-state index in [1.807, 2.05) is 31.2 Å². The van der Waals surface area contributed by atoms with Crippen LogP contribution in [0.4, 0.5) is 5.69 Å². The molecule has 0 saturated carbocycles. The number of hydrogen-bond acceptors (Lipinski definition) is 3. The van der Waals surface area contributed by atoms with E-state index in [-0.39, 0.29) is 17.7 Å². The first-order chi connectivity index (χ1) is 8.20. The number of benzene rings is 1. The van der Waals surface area contributed by atoms with Crippen LogP contribution in [0.2, 0.25) is 0 Å². The van der Waals surface area contributed by atoms with Crippen LogP contribution in [0.5, 0.6) is 0 Å². The maximum absolute atomic E-state index is 11.7. The van der Waals surface area contributed by atoms with E-state index in [1.165, 1.54) is 0 Å². The fraction of sp³-hybridized carbons (Fsp3) is 0.385. The topological polar surface area (TPSA) is 58.2 Å². The zero-order valence-corrected chi connectivity index (χ0v) is 9.82. The Hall–Kier alpha value is -1.84. The average Bonchev–Trinajstić information content (AvgIpc) is 2.29. The lowest BCUT2D eigenvalue weighted by atomic mass is 9.90. The Bertz CT molecular complexity index is 443. The lowest BCUT2D eigenvalue weighted by Crippen LogP contribution is -2.39. The van der Waals surface area contributed by atoms with Gasteiger partial charge < -0.3 is 5.32 Å². The number of carbonyl (C=O) groups excluding carboxylic acids is 2. The maximum Gasteiger partial charge on any atom is 0.234 e. The van der Waals surface area contributed by atoms with E-state index >= 15 is 0 Å². The third-order valence-corrected chi connectivity index (χ3v) is 2.91. The number of rotatable bonds is 3. The summed E-state index contributed by atoms with van der Waals surface area (Å²) in [5, 5.41) is 5.59. The first-order valence-electron chi connectivity index (χ1n) is 5.88. The zero-order valence-electron chi connectivity index (χ0n) is 9.82. The van der Waals surface area contributed by atoms with Gasteiger partial charge in [-0.2, -0.15) is 0 Å². The molecule has 2 N–H and O–H groups in total. The van der Waals surface area contributed by atoms with Crippen LogP contribution in [-0.2, 0) is 9.59 Å². The summed E-state index contributed by atoms with van der Waals surface area (Å²) in [6.07, 6.45) is 1.02. The van der Waals surface area contributed by atoms with Crippen LogP contribution in [-0.4, -0.2) is 18.4 Å². The lowest BCUT2D eigenvalue weighted by Gasteiger charge is -2.21. The van der Waals surface area contributed by atoms with E-state index in [1.54, 1.807) is 0 Å². The van der Waals surface area contributed by atoms with Gasteiger partial charge in [-0.25, -0.2) is 0 Å². The summed E-state index contributed by atoms with van der Waals surface area (Å²) in [5.74, 6) is -0.560. The number of hydrogen-bond donors (Lipinski definition) is 2. The normalized spacial score (nSPS) is 19.9. The average molecular weight is 232 g/mol. The van der Waals surface area contributed by atoms with Crippen LogP contribution in [0.1, 0.15) is 31.2 Å². The van der Waals surface area contributed by atoms with E-state index in [4.69, 9.17) is 0 Å². The van der Waals surface area contributed by atoms with Gasteiger partial charge in [0.1, 0.15) is 0 Å². The molecule has 1 aromatic carbocycles. The highest BCUT2D eigenvalue weighted by Gasteiger charge is 2.27. The summed E-state index contributed by atoms with van der Waals surface area (Å²) >= 11 is 0. The minimum atomic E-state index is -0.202. The molecule has 2 rings (SSSR count). The summed E-state index contributed by atoms with van der Waals surface area (Å²) in [5.41, 5.74) is 1.98. The van der Waals surface area contributed by atoms with Crippen LogP contribution in [0, 0.1) is 0 Å². The highest BCUT2D eigenvalue weighted by Crippen LogP contribution is 2.26. The minimum Gasteiger partial charge on any atom is -0.385 e. The maximum atomic E-state index is 11.7. The van der Waals surface area contributed by atoms with Crippen molar-refractivity contribution in [2.75, 3.05) is 11.9 Å². The van der Waals surface area contributed by atoms with Gasteiger partial charge in [0.25, 0.3) is 0 Å². The van der Waals surface area contributed by atoms with Gasteiger partial charge in [-0.1, -0.05) is 12.1 Å². The molecule has 1 atom stereocenters. The van der Waals surface area contributed by atoms with E-state index in [0.717, 1.165) is 17.8 Å². The molecule has 1 aliphatic rings. The van der Waals surface area contributed by atoms with Gasteiger partial charge in [-0.3, -0.25) is 14.9 Å². The van der Waals surface area contributed by atoms with Gasteiger partial charge in [0, 0.05) is 18.7 Å². The molecule has 1 saturated heterocycles. The fourth-order valence-corrected chi connectivity index (χ4v) is 2.08. The lowest BCUT2D eigenvalue weighted by molar-refractivity contribution is -0.134. The molecule has 0 aliphatic carbocycles. The molecule has 4 nitrogen and oxygen atoms in total. The van der Waals surface area contributed by atoms with Gasteiger partial charge in [-0.15, -0.1) is 0 Å². The first kappa shape index (κ1) is 11.6. The summed E-state index contributed by atoms with van der Waals surface area (Å²) < 4.78 is 0. The quantitative estimate of drug-likeness (QED) is 0.779. The number of imide groups is 1. The Morgan fingerprint density at radius 2 is 2.24 bits per heavy atom. The molecule has 1 fully saturated rings. The van der Waals surface area contributed by atoms with Crippen molar-refractivity contribution in [2.45, 2.75) is 25.7 Å². The van der Waals surface area contributed by atoms with E-state index in [0.29, 0.717) is 12.8 Å². The van der Waals surface area contributed by atoms with Crippen molar-refractivity contribution in [3.63, 3.8) is 0 Å². The second-order valence-corrected chi connectivity index (χ2v) is 4.16. The highest BCUT2D eigenvalue weighted by atomic mass is 16.2. The number of nitrogens with one attached hydrogen (secondary N) is 2. The van der Waals surface area contributed by atoms with Gasteiger partial charge in [0.05, 0.1) is 5.92 Å². The molecule has 4 heteroatoms. The summed E-state index contributed by atoms with van der Waals surface area (Å²) in [6, 6.07) is 7.81. The Morgan fingerprint density at radius 1 is 1.41 bits per heavy atom. The second kappa shape index (κ2) is 4.99. The molecular weight excluding hydrogens is 216 g/mol. The number of amides is 2. The molecule has 0 spiro atoms. The molecule has 2 amide bonds. The molecule has 0 aromatic heterocycles. The van der Waals surface area contributed by atoms with Crippen molar-refractivity contribution >= 4 is 17.5 Å². The predicted octanol–water partition coefficient (Wildman–Crippen LogP) is 1.64. The number of piperidine rings is 1. The van der Waals surface area contributed by atoms with Crippen LogP contribution < -0.4 is 10.6 Å². The summed E-state index contributed by atoms with van der Waals surface area (Å²) in [6.45, 7) is 2.87. The fourth-order valence-electron chi connectivity index (χ4n) is 2.08. The molecule has 1 aromatic rings. The van der Waals surface area contributed by atoms with Gasteiger partial charge in [0.2, 0.25) is 11.8 Å². The third-order valence-electron chi connectivity index (χ3n) is 2.91. The number of anilines is 1. The first-order valence-corrected chi connectivity index (χ1v) is 5.88. The van der Waals surface area contributed by atoms with Crippen LogP contribution in [0.15, 0.2) is 24.3 Å². The third kappa shape index (κ3) is 2.64. The minimum absolute atomic E-state index is 0.172. The Labute approximate surface area is 100 Å². The highest BCUT2D eigenvalue weighted by molar-refractivity contribution is 6.01. The van der Waals surface area contributed by atoms with Gasteiger partial charge in [0.15, 0.2) is 0 Å². The van der Waals surface area contributed by atoms with Crippen molar-refractivity contribution < 1.29 is 9.59 Å². The molecule has 0 bridgehead atoms. The Morgan fingerprint density at radius 3 is 2.94 bits per heavy atom. The van der Waals surface area contributed by atoms with Crippen molar-refractivity contribution in [3.8, 4) is 0 Å². The number of carbonyl (C=O) groups is 2. The Balaban J connectivity index is 2.18. The van der Waals surface area contributed by atoms with Gasteiger partial charge in [-0.05, 0) is 31.0 Å². The van der Waals surface area contributed by atoms with Crippen molar-refractivity contribution in [1.29, 1.82) is 0 Å². The molecule has 90 valence electrons. The second-order valence-electron chi connectivity index (χ2n) is 4.16. The molecule has 1 aliphatic heterocycles.